The average molecular weight is 165 g/mol. The Morgan fingerprint density at radius 3 is 3.09 bits per heavy atom. The predicted molar refractivity (Wildman–Crippen MR) is 47.2 cm³/mol. The molecule has 56 valence electrons. The van der Waals surface area contributed by atoms with Gasteiger partial charge in [0.25, 0.3) is 0 Å². The molecule has 0 aliphatic rings. The van der Waals surface area contributed by atoms with Gasteiger partial charge in [0.1, 0.15) is 0 Å². The zero-order valence-electron chi connectivity index (χ0n) is 6.05. The van der Waals surface area contributed by atoms with Crippen molar-refractivity contribution >= 4 is 21.6 Å². The molecule has 0 atom stereocenters. The number of H-pyrrole nitrogens is 1. The van der Waals surface area contributed by atoms with Gasteiger partial charge in [-0.1, -0.05) is 0 Å². The fourth-order valence-corrected chi connectivity index (χ4v) is 2.02. The van der Waals surface area contributed by atoms with Crippen molar-refractivity contribution < 1.29 is 0 Å². The Bertz CT molecular complexity index is 441. The zero-order chi connectivity index (χ0) is 7.84. The molecule has 2 rings (SSSR count). The van der Waals surface area contributed by atoms with E-state index < -0.39 is 0 Å². The summed E-state index contributed by atoms with van der Waals surface area (Å²) in [7, 11) is 0. The van der Waals surface area contributed by atoms with Crippen LogP contribution in [0.4, 0.5) is 0 Å². The second-order valence-corrected chi connectivity index (χ2v) is 3.34. The van der Waals surface area contributed by atoms with Crippen LogP contribution in [0.1, 0.15) is 5.56 Å². The Hall–Kier alpha value is -1.09. The number of hydrogen-bond donors (Lipinski definition) is 1. The normalized spacial score (nSPS) is 10.6. The molecule has 0 amide bonds. The van der Waals surface area contributed by atoms with Crippen LogP contribution < -0.4 is 5.43 Å². The topological polar surface area (TPSA) is 32.9 Å². The first-order valence-electron chi connectivity index (χ1n) is 3.34. The number of aromatic amines is 1. The maximum Gasteiger partial charge on any atom is 0.199 e. The third-order valence-corrected chi connectivity index (χ3v) is 2.77. The Morgan fingerprint density at radius 1 is 1.55 bits per heavy atom. The summed E-state index contributed by atoms with van der Waals surface area (Å²) in [6.45, 7) is 1.99. The molecule has 2 nitrogen and oxygen atoms in total. The second-order valence-electron chi connectivity index (χ2n) is 2.46. The van der Waals surface area contributed by atoms with Gasteiger partial charge < -0.3 is 4.98 Å². The molecular formula is C8H7NOS. The van der Waals surface area contributed by atoms with Gasteiger partial charge in [0.05, 0.1) is 10.2 Å². The summed E-state index contributed by atoms with van der Waals surface area (Å²) in [5.74, 6) is 0. The van der Waals surface area contributed by atoms with Crippen LogP contribution in [0, 0.1) is 6.92 Å². The molecular weight excluding hydrogens is 158 g/mol. The standard InChI is InChI=1S/C8H7NOS/c1-5-4-11-8-6(10)2-3-9-7(5)8/h2-4H,1H3,(H,9,10). The first-order valence-corrected chi connectivity index (χ1v) is 4.22. The highest BCUT2D eigenvalue weighted by atomic mass is 32.1. The van der Waals surface area contributed by atoms with Gasteiger partial charge in [-0.2, -0.15) is 0 Å². The second kappa shape index (κ2) is 2.20. The maximum atomic E-state index is 11.2. The van der Waals surface area contributed by atoms with Crippen LogP contribution in [-0.2, 0) is 0 Å². The molecule has 0 saturated heterocycles. The van der Waals surface area contributed by atoms with E-state index in [9.17, 15) is 4.79 Å². The molecule has 0 radical (unpaired) electrons. The van der Waals surface area contributed by atoms with Crippen molar-refractivity contribution in [2.24, 2.45) is 0 Å². The van der Waals surface area contributed by atoms with Crippen LogP contribution in [0.25, 0.3) is 10.2 Å². The predicted octanol–water partition coefficient (Wildman–Crippen LogP) is 1.90. The molecule has 0 saturated carbocycles. The first-order chi connectivity index (χ1) is 5.29. The molecule has 1 N–H and O–H groups in total. The van der Waals surface area contributed by atoms with E-state index in [1.54, 1.807) is 12.3 Å². The van der Waals surface area contributed by atoms with E-state index >= 15 is 0 Å². The van der Waals surface area contributed by atoms with Crippen molar-refractivity contribution in [3.63, 3.8) is 0 Å². The molecule has 0 unspecified atom stereocenters. The largest absolute Gasteiger partial charge is 0.360 e. The number of hydrogen-bond acceptors (Lipinski definition) is 2. The molecule has 11 heavy (non-hydrogen) atoms. The van der Waals surface area contributed by atoms with Crippen LogP contribution in [0.15, 0.2) is 22.4 Å². The maximum absolute atomic E-state index is 11.2. The Balaban J connectivity index is 3.06. The quantitative estimate of drug-likeness (QED) is 0.635. The zero-order valence-corrected chi connectivity index (χ0v) is 6.87. The van der Waals surface area contributed by atoms with Crippen molar-refractivity contribution in [3.8, 4) is 0 Å². The molecule has 0 aromatic carbocycles. The van der Waals surface area contributed by atoms with Crippen LogP contribution in [0.3, 0.4) is 0 Å². The van der Waals surface area contributed by atoms with Crippen molar-refractivity contribution in [1.82, 2.24) is 4.98 Å². The van der Waals surface area contributed by atoms with E-state index in [1.807, 2.05) is 12.3 Å². The minimum atomic E-state index is 0.108. The van der Waals surface area contributed by atoms with Crippen molar-refractivity contribution in [2.45, 2.75) is 6.92 Å². The van der Waals surface area contributed by atoms with E-state index in [-0.39, 0.29) is 5.43 Å². The lowest BCUT2D eigenvalue weighted by Gasteiger charge is -1.88. The molecule has 0 fully saturated rings. The third kappa shape index (κ3) is 0.886. The Morgan fingerprint density at radius 2 is 2.36 bits per heavy atom. The first kappa shape index (κ1) is 6.61. The lowest BCUT2D eigenvalue weighted by Crippen LogP contribution is -1.96. The molecule has 2 heterocycles. The number of aryl methyl sites for hydroxylation is 1. The highest BCUT2D eigenvalue weighted by molar-refractivity contribution is 7.17. The summed E-state index contributed by atoms with van der Waals surface area (Å²) < 4.78 is 0.824. The summed E-state index contributed by atoms with van der Waals surface area (Å²) >= 11 is 1.50. The van der Waals surface area contributed by atoms with Gasteiger partial charge in [0.15, 0.2) is 5.43 Å². The number of nitrogens with one attached hydrogen (secondary N) is 1. The van der Waals surface area contributed by atoms with E-state index in [0.29, 0.717) is 0 Å². The van der Waals surface area contributed by atoms with Gasteiger partial charge in [0.2, 0.25) is 0 Å². The van der Waals surface area contributed by atoms with E-state index in [2.05, 4.69) is 4.98 Å². The van der Waals surface area contributed by atoms with Crippen LogP contribution in [0.5, 0.6) is 0 Å². The number of rotatable bonds is 0. The van der Waals surface area contributed by atoms with Crippen LogP contribution >= 0.6 is 11.3 Å². The number of aromatic nitrogens is 1. The number of fused-ring (bicyclic) bond motifs is 1. The molecule has 2 aromatic rings. The number of pyridine rings is 1. The van der Waals surface area contributed by atoms with Gasteiger partial charge in [0, 0.05) is 12.3 Å². The summed E-state index contributed by atoms with van der Waals surface area (Å²) in [5, 5.41) is 1.99. The fourth-order valence-electron chi connectivity index (χ4n) is 1.08. The molecule has 0 aliphatic carbocycles. The highest BCUT2D eigenvalue weighted by Gasteiger charge is 2.01. The summed E-state index contributed by atoms with van der Waals surface area (Å²) in [6, 6.07) is 1.55. The Labute approximate surface area is 67.5 Å². The lowest BCUT2D eigenvalue weighted by molar-refractivity contribution is 1.38. The molecule has 0 aliphatic heterocycles. The minimum Gasteiger partial charge on any atom is -0.360 e. The van der Waals surface area contributed by atoms with Crippen molar-refractivity contribution in [2.75, 3.05) is 0 Å². The molecule has 2 aromatic heterocycles. The van der Waals surface area contributed by atoms with Gasteiger partial charge >= 0.3 is 0 Å². The lowest BCUT2D eigenvalue weighted by atomic mass is 10.3. The summed E-state index contributed by atoms with van der Waals surface area (Å²) in [6.07, 6.45) is 1.68. The molecule has 0 spiro atoms. The van der Waals surface area contributed by atoms with E-state index in [1.165, 1.54) is 11.3 Å². The van der Waals surface area contributed by atoms with Gasteiger partial charge in [-0.3, -0.25) is 4.79 Å². The van der Waals surface area contributed by atoms with Gasteiger partial charge in [-0.05, 0) is 17.9 Å². The SMILES string of the molecule is Cc1csc2c(=O)cc[nH]c12. The van der Waals surface area contributed by atoms with Crippen LogP contribution in [0.2, 0.25) is 0 Å². The summed E-state index contributed by atoms with van der Waals surface area (Å²) in [5.41, 5.74) is 2.22. The minimum absolute atomic E-state index is 0.108. The van der Waals surface area contributed by atoms with Crippen LogP contribution in [-0.4, -0.2) is 4.98 Å². The summed E-state index contributed by atoms with van der Waals surface area (Å²) in [4.78, 5) is 14.2. The highest BCUT2D eigenvalue weighted by Crippen LogP contribution is 2.18. The van der Waals surface area contributed by atoms with Crippen molar-refractivity contribution in [1.29, 1.82) is 0 Å². The van der Waals surface area contributed by atoms with E-state index in [4.69, 9.17) is 0 Å². The average Bonchev–Trinajstić information content (AvgIpc) is 2.35. The van der Waals surface area contributed by atoms with Crippen molar-refractivity contribution in [3.05, 3.63) is 33.4 Å². The smallest absolute Gasteiger partial charge is 0.199 e. The Kier molecular flexibility index (Phi) is 1.32. The molecule has 0 bridgehead atoms. The van der Waals surface area contributed by atoms with E-state index in [0.717, 1.165) is 15.8 Å². The fraction of sp³-hybridized carbons (Fsp3) is 0.125. The monoisotopic (exact) mass is 165 g/mol. The van der Waals surface area contributed by atoms with Gasteiger partial charge in [-0.25, -0.2) is 0 Å². The molecule has 3 heteroatoms. The number of thiophene rings is 1. The third-order valence-electron chi connectivity index (χ3n) is 1.66. The van der Waals surface area contributed by atoms with Gasteiger partial charge in [-0.15, -0.1) is 11.3 Å².